The van der Waals surface area contributed by atoms with Gasteiger partial charge in [-0.2, -0.15) is 0 Å². The molecule has 1 aromatic carbocycles. The SMILES string of the molecule is CSc1c(C(=O)OC(C)C)c(=O)n(C)c(=S)n1-c1ccccc1. The first-order valence-electron chi connectivity index (χ1n) is 7.05. The second kappa shape index (κ2) is 7.14. The van der Waals surface area contributed by atoms with Gasteiger partial charge in [-0.1, -0.05) is 18.2 Å². The van der Waals surface area contributed by atoms with Crippen LogP contribution < -0.4 is 5.56 Å². The standard InChI is InChI=1S/C16H18N2O3S2/c1-10(2)21-15(20)12-13(19)17(3)16(22)18(14(12)23-4)11-8-6-5-7-9-11/h5-10H,1-4H3. The predicted octanol–water partition coefficient (Wildman–Crippen LogP) is 3.19. The highest BCUT2D eigenvalue weighted by atomic mass is 32.2. The maximum absolute atomic E-state index is 12.5. The number of carbonyl (C=O) groups is 1. The normalized spacial score (nSPS) is 10.8. The third kappa shape index (κ3) is 3.40. The lowest BCUT2D eigenvalue weighted by molar-refractivity contribution is 0.0368. The van der Waals surface area contributed by atoms with Crippen LogP contribution in [0.2, 0.25) is 0 Å². The van der Waals surface area contributed by atoms with Crippen molar-refractivity contribution in [1.82, 2.24) is 9.13 Å². The molecule has 0 aliphatic rings. The van der Waals surface area contributed by atoms with Gasteiger partial charge in [-0.3, -0.25) is 13.9 Å². The molecule has 0 aliphatic carbocycles. The van der Waals surface area contributed by atoms with E-state index < -0.39 is 11.5 Å². The maximum atomic E-state index is 12.5. The van der Waals surface area contributed by atoms with E-state index in [0.29, 0.717) is 9.80 Å². The Bertz CT molecular complexity index is 839. The van der Waals surface area contributed by atoms with Gasteiger partial charge in [0.15, 0.2) is 10.3 Å². The second-order valence-electron chi connectivity index (χ2n) is 5.16. The van der Waals surface area contributed by atoms with Gasteiger partial charge in [0, 0.05) is 12.7 Å². The Balaban J connectivity index is 2.84. The van der Waals surface area contributed by atoms with Crippen LogP contribution in [0.3, 0.4) is 0 Å². The van der Waals surface area contributed by atoms with Gasteiger partial charge >= 0.3 is 5.97 Å². The minimum absolute atomic E-state index is 0.00570. The van der Waals surface area contributed by atoms with Crippen molar-refractivity contribution in [3.63, 3.8) is 0 Å². The van der Waals surface area contributed by atoms with Crippen LogP contribution in [-0.4, -0.2) is 27.5 Å². The van der Waals surface area contributed by atoms with Crippen LogP contribution in [0.1, 0.15) is 24.2 Å². The number of ether oxygens (including phenoxy) is 1. The monoisotopic (exact) mass is 350 g/mol. The summed E-state index contributed by atoms with van der Waals surface area (Å²) < 4.78 is 8.57. The van der Waals surface area contributed by atoms with E-state index >= 15 is 0 Å². The summed E-state index contributed by atoms with van der Waals surface area (Å²) in [6.45, 7) is 3.49. The third-order valence-corrected chi connectivity index (χ3v) is 4.40. The van der Waals surface area contributed by atoms with Crippen molar-refractivity contribution in [2.75, 3.05) is 6.26 Å². The molecule has 2 rings (SSSR count). The lowest BCUT2D eigenvalue weighted by atomic mass is 10.3. The van der Waals surface area contributed by atoms with Crippen LogP contribution >= 0.6 is 24.0 Å². The van der Waals surface area contributed by atoms with Crippen LogP contribution in [0.4, 0.5) is 0 Å². The molecule has 0 fully saturated rings. The largest absolute Gasteiger partial charge is 0.459 e. The van der Waals surface area contributed by atoms with E-state index in [2.05, 4.69) is 0 Å². The van der Waals surface area contributed by atoms with Gasteiger partial charge in [-0.25, -0.2) is 4.79 Å². The third-order valence-electron chi connectivity index (χ3n) is 3.17. The first-order chi connectivity index (χ1) is 10.9. The summed E-state index contributed by atoms with van der Waals surface area (Å²) in [5, 5.41) is 0.481. The van der Waals surface area contributed by atoms with Crippen molar-refractivity contribution in [2.45, 2.75) is 25.0 Å². The minimum Gasteiger partial charge on any atom is -0.459 e. The number of hydrogen-bond acceptors (Lipinski definition) is 5. The zero-order valence-electron chi connectivity index (χ0n) is 13.4. The van der Waals surface area contributed by atoms with Gasteiger partial charge in [0.2, 0.25) is 0 Å². The smallest absolute Gasteiger partial charge is 0.346 e. The topological polar surface area (TPSA) is 53.2 Å². The van der Waals surface area contributed by atoms with Crippen LogP contribution in [-0.2, 0) is 11.8 Å². The maximum Gasteiger partial charge on any atom is 0.346 e. The highest BCUT2D eigenvalue weighted by Crippen LogP contribution is 2.23. The number of hydrogen-bond donors (Lipinski definition) is 0. The zero-order valence-corrected chi connectivity index (χ0v) is 15.0. The molecule has 0 radical (unpaired) electrons. The molecule has 2 aromatic rings. The van der Waals surface area contributed by atoms with Gasteiger partial charge in [0.1, 0.15) is 5.03 Å². The Morgan fingerprint density at radius 3 is 2.39 bits per heavy atom. The van der Waals surface area contributed by atoms with E-state index in [1.807, 2.05) is 30.3 Å². The van der Waals surface area contributed by atoms with Crippen molar-refractivity contribution >= 4 is 29.9 Å². The molecule has 0 bridgehead atoms. The highest BCUT2D eigenvalue weighted by Gasteiger charge is 2.24. The van der Waals surface area contributed by atoms with Crippen molar-refractivity contribution in [3.8, 4) is 5.69 Å². The molecule has 0 aliphatic heterocycles. The van der Waals surface area contributed by atoms with E-state index in [0.717, 1.165) is 5.69 Å². The summed E-state index contributed by atoms with van der Waals surface area (Å²) >= 11 is 6.70. The number of esters is 1. The van der Waals surface area contributed by atoms with E-state index in [-0.39, 0.29) is 11.7 Å². The summed E-state index contributed by atoms with van der Waals surface area (Å²) in [7, 11) is 1.56. The molecule has 0 amide bonds. The zero-order chi connectivity index (χ0) is 17.1. The summed E-state index contributed by atoms with van der Waals surface area (Å²) in [6, 6.07) is 9.38. The van der Waals surface area contributed by atoms with Gasteiger partial charge in [-0.15, -0.1) is 11.8 Å². The average Bonchev–Trinajstić information content (AvgIpc) is 2.52. The molecular formula is C16H18N2O3S2. The number of thioether (sulfide) groups is 1. The lowest BCUT2D eigenvalue weighted by Gasteiger charge is -2.18. The molecule has 0 atom stereocenters. The van der Waals surface area contributed by atoms with Crippen LogP contribution in [0.15, 0.2) is 40.2 Å². The van der Waals surface area contributed by atoms with Crippen molar-refractivity contribution in [1.29, 1.82) is 0 Å². The molecule has 5 nitrogen and oxygen atoms in total. The van der Waals surface area contributed by atoms with Crippen LogP contribution in [0, 0.1) is 4.77 Å². The van der Waals surface area contributed by atoms with E-state index in [1.165, 1.54) is 16.3 Å². The lowest BCUT2D eigenvalue weighted by Crippen LogP contribution is -2.31. The van der Waals surface area contributed by atoms with Crippen molar-refractivity contribution in [3.05, 3.63) is 51.0 Å². The quantitative estimate of drug-likeness (QED) is 0.367. The molecule has 23 heavy (non-hydrogen) atoms. The van der Waals surface area contributed by atoms with E-state index in [4.69, 9.17) is 17.0 Å². The number of para-hydroxylation sites is 1. The fraction of sp³-hybridized carbons (Fsp3) is 0.312. The van der Waals surface area contributed by atoms with E-state index in [1.54, 1.807) is 31.7 Å². The first-order valence-corrected chi connectivity index (χ1v) is 8.68. The van der Waals surface area contributed by atoms with Crippen molar-refractivity contribution in [2.24, 2.45) is 7.05 Å². The number of benzene rings is 1. The molecule has 122 valence electrons. The Labute approximate surface area is 143 Å². The van der Waals surface area contributed by atoms with Crippen molar-refractivity contribution < 1.29 is 9.53 Å². The molecular weight excluding hydrogens is 332 g/mol. The predicted molar refractivity (Wildman–Crippen MR) is 94.2 cm³/mol. The molecule has 0 saturated carbocycles. The number of carbonyl (C=O) groups excluding carboxylic acids is 1. The van der Waals surface area contributed by atoms with Gasteiger partial charge in [0.25, 0.3) is 5.56 Å². The number of aromatic nitrogens is 2. The average molecular weight is 350 g/mol. The number of rotatable bonds is 4. The molecule has 0 unspecified atom stereocenters. The minimum atomic E-state index is -0.635. The Kier molecular flexibility index (Phi) is 5.43. The summed E-state index contributed by atoms with van der Waals surface area (Å²) in [5.41, 5.74) is 0.347. The Hall–Kier alpha value is -1.86. The first kappa shape index (κ1) is 17.5. The Morgan fingerprint density at radius 1 is 1.26 bits per heavy atom. The Morgan fingerprint density at radius 2 is 1.87 bits per heavy atom. The molecule has 0 N–H and O–H groups in total. The molecule has 7 heteroatoms. The molecule has 1 aromatic heterocycles. The summed E-state index contributed by atoms with van der Waals surface area (Å²) in [5.74, 6) is -0.635. The van der Waals surface area contributed by atoms with Gasteiger partial charge < -0.3 is 4.74 Å². The molecule has 1 heterocycles. The van der Waals surface area contributed by atoms with Gasteiger partial charge in [-0.05, 0) is 44.5 Å². The van der Waals surface area contributed by atoms with Crippen LogP contribution in [0.25, 0.3) is 5.69 Å². The molecule has 0 saturated heterocycles. The summed E-state index contributed by atoms with van der Waals surface area (Å²) in [4.78, 5) is 25.0. The van der Waals surface area contributed by atoms with Gasteiger partial charge in [0.05, 0.1) is 6.10 Å². The molecule has 0 spiro atoms. The summed E-state index contributed by atoms with van der Waals surface area (Å²) in [6.07, 6.45) is 1.49. The fourth-order valence-corrected chi connectivity index (χ4v) is 3.23. The number of nitrogens with zero attached hydrogens (tertiary/aromatic N) is 2. The second-order valence-corrected chi connectivity index (χ2v) is 6.32. The van der Waals surface area contributed by atoms with Crippen LogP contribution in [0.5, 0.6) is 0 Å². The fourth-order valence-electron chi connectivity index (χ4n) is 2.14. The highest BCUT2D eigenvalue weighted by molar-refractivity contribution is 7.98. The van der Waals surface area contributed by atoms with E-state index in [9.17, 15) is 9.59 Å².